The molecule has 14 heteroatoms. The van der Waals surface area contributed by atoms with Crippen molar-refractivity contribution in [2.45, 2.75) is 112 Å². The van der Waals surface area contributed by atoms with E-state index in [1.165, 1.54) is 11.1 Å². The normalized spacial score (nSPS) is 16.7. The molecule has 2 N–H and O–H groups in total. The number of rotatable bonds is 5. The van der Waals surface area contributed by atoms with Gasteiger partial charge in [-0.1, -0.05) is 101 Å². The molecule has 0 atom stereocenters. The number of aromatic nitrogens is 2. The van der Waals surface area contributed by atoms with Crippen molar-refractivity contribution in [1.29, 1.82) is 0 Å². The summed E-state index contributed by atoms with van der Waals surface area (Å²) in [5, 5.41) is 2.26. The van der Waals surface area contributed by atoms with E-state index in [4.69, 9.17) is 18.8 Å². The number of quaternary nitrogens is 1. The quantitative estimate of drug-likeness (QED) is 0.209. The maximum atomic E-state index is 13.8. The molecule has 0 unspecified atom stereocenters. The first kappa shape index (κ1) is 54.3. The standard InChI is InChI=1S/C31H36N4O3.C25H31N3O2.ClH.U/c1-19-8-10-21(11-9-19)24-15-23(30(3,4)5)27-25(33-24)16-26(38-27)29(37)35-13-12-34(18-31(35,6)7)28(36)22-14-20(2)32-17-22;1-16-7-9-17(10-8-16)19-13-18(24(2,3)4)22-20(27-19)14-21(30-22)23(29)28-12-11-26-15-25(28,5)6;;/h8-11,14-16H,12-13,17-18H2,1-7H3;7-10,13-14,26H,11-12,15H2,1-6H3;1H;. The Hall–Kier alpha value is -5.06. The Bertz CT molecular complexity index is 2990. The zero-order chi connectivity index (χ0) is 49.1. The molecule has 3 amide bonds. The molecule has 3 aliphatic rings. The third-order valence-electron chi connectivity index (χ3n) is 13.5. The number of nitrogens with zero attached hydrogens (tertiary/aromatic N) is 6. The number of nitrogens with two attached hydrogens (primary N) is 1. The van der Waals surface area contributed by atoms with E-state index in [0.29, 0.717) is 54.2 Å². The van der Waals surface area contributed by atoms with Crippen molar-refractivity contribution in [3.63, 3.8) is 0 Å². The van der Waals surface area contributed by atoms with Gasteiger partial charge in [0.25, 0.3) is 17.7 Å². The van der Waals surface area contributed by atoms with Gasteiger partial charge in [0, 0.05) is 96.4 Å². The van der Waals surface area contributed by atoms with Gasteiger partial charge in [-0.2, -0.15) is 0 Å². The molecule has 70 heavy (non-hydrogen) atoms. The van der Waals surface area contributed by atoms with Crippen molar-refractivity contribution < 1.29 is 72.1 Å². The van der Waals surface area contributed by atoms with Gasteiger partial charge in [-0.15, -0.1) is 0 Å². The van der Waals surface area contributed by atoms with Gasteiger partial charge in [0.1, 0.15) is 11.0 Å². The van der Waals surface area contributed by atoms with E-state index < -0.39 is 5.54 Å². The molecule has 12 nitrogen and oxygen atoms in total. The van der Waals surface area contributed by atoms with Gasteiger partial charge < -0.3 is 41.3 Å². The SMILES string of the molecule is CC1=NCC(C(=O)N2CCN(C(=O)c3cc4nc(-c5ccc(C)cc5)cc(C(C)(C)C)c4o3)C(C)(C)C2)=C1.Cc1ccc(-c2cc(C(C)(C)C)c3oc(C(=O)N4CC[NH2+]CC4(C)C)cc3n2)cc1.[Cl-].[U]. The van der Waals surface area contributed by atoms with Gasteiger partial charge in [-0.3, -0.25) is 19.4 Å². The zero-order valence-corrected chi connectivity index (χ0v) is 48.1. The molecule has 0 saturated carbocycles. The first-order valence-electron chi connectivity index (χ1n) is 23.9. The molecular weight excluding hydrogens is 1120 g/mol. The van der Waals surface area contributed by atoms with E-state index in [0.717, 1.165) is 64.5 Å². The predicted molar refractivity (Wildman–Crippen MR) is 270 cm³/mol. The average molecular weight is 1190 g/mol. The number of aliphatic imine (C=N–C) groups is 1. The minimum Gasteiger partial charge on any atom is -1.00 e. The number of halogens is 1. The second-order valence-electron chi connectivity index (χ2n) is 22.2. The Morgan fingerprint density at radius 3 is 1.49 bits per heavy atom. The molecular formula is C56H68ClN7O5U. The molecule has 2 aromatic carbocycles. The molecule has 3 aliphatic heterocycles. The summed E-state index contributed by atoms with van der Waals surface area (Å²) in [5.41, 5.74) is 11.6. The van der Waals surface area contributed by atoms with Crippen molar-refractivity contribution >= 4 is 45.6 Å². The van der Waals surface area contributed by atoms with Crippen LogP contribution in [-0.4, -0.2) is 105 Å². The smallest absolute Gasteiger partial charge is 0.290 e. The molecule has 2 fully saturated rings. The molecule has 0 radical (unpaired) electrons. The largest absolute Gasteiger partial charge is 1.00 e. The number of amides is 3. The topological polar surface area (TPSA) is 142 Å². The Morgan fingerprint density at radius 2 is 1.09 bits per heavy atom. The summed E-state index contributed by atoms with van der Waals surface area (Å²) in [6.45, 7) is 31.4. The number of fused-ring (bicyclic) bond motifs is 2. The van der Waals surface area contributed by atoms with Crippen LogP contribution in [0.3, 0.4) is 0 Å². The molecule has 0 bridgehead atoms. The van der Waals surface area contributed by atoms with Gasteiger partial charge >= 0.3 is 0 Å². The fourth-order valence-corrected chi connectivity index (χ4v) is 9.43. The van der Waals surface area contributed by atoms with Crippen molar-refractivity contribution in [3.05, 3.63) is 118 Å². The van der Waals surface area contributed by atoms with E-state index in [2.05, 4.69) is 140 Å². The maximum absolute atomic E-state index is 13.8. The molecule has 7 heterocycles. The third kappa shape index (κ3) is 11.3. The van der Waals surface area contributed by atoms with Crippen LogP contribution in [0, 0.1) is 45.0 Å². The fraction of sp³-hybridized carbons (Fsp3) is 0.429. The molecule has 6 aromatic rings. The number of aryl methyl sites for hydroxylation is 2. The van der Waals surface area contributed by atoms with Gasteiger partial charge in [0.2, 0.25) is 0 Å². The molecule has 4 aromatic heterocycles. The van der Waals surface area contributed by atoms with Crippen LogP contribution in [-0.2, 0) is 15.6 Å². The zero-order valence-electron chi connectivity index (χ0n) is 43.1. The maximum Gasteiger partial charge on any atom is 0.290 e. The summed E-state index contributed by atoms with van der Waals surface area (Å²) in [4.78, 5) is 59.8. The summed E-state index contributed by atoms with van der Waals surface area (Å²) in [7, 11) is 0. The second-order valence-corrected chi connectivity index (χ2v) is 22.2. The predicted octanol–water partition coefficient (Wildman–Crippen LogP) is 6.47. The van der Waals surface area contributed by atoms with Crippen LogP contribution in [0.15, 0.2) is 98.3 Å². The number of carbonyl (C=O) groups is 3. The number of piperazine rings is 2. The molecule has 0 spiro atoms. The molecule has 2 saturated heterocycles. The van der Waals surface area contributed by atoms with Crippen molar-refractivity contribution in [3.8, 4) is 22.5 Å². The van der Waals surface area contributed by atoms with E-state index in [9.17, 15) is 14.4 Å². The Morgan fingerprint density at radius 1 is 0.629 bits per heavy atom. The van der Waals surface area contributed by atoms with E-state index in [1.54, 1.807) is 6.07 Å². The van der Waals surface area contributed by atoms with Crippen LogP contribution < -0.4 is 17.7 Å². The Kier molecular flexibility index (Phi) is 16.0. The summed E-state index contributed by atoms with van der Waals surface area (Å²) in [6, 6.07) is 24.4. The summed E-state index contributed by atoms with van der Waals surface area (Å²) < 4.78 is 12.4. The number of furan rings is 2. The molecule has 368 valence electrons. The van der Waals surface area contributed by atoms with Crippen molar-refractivity contribution in [2.75, 3.05) is 45.8 Å². The van der Waals surface area contributed by atoms with Gasteiger partial charge in [-0.05, 0) is 77.5 Å². The first-order chi connectivity index (χ1) is 31.9. The summed E-state index contributed by atoms with van der Waals surface area (Å²) in [6.07, 6.45) is 1.85. The number of carbonyl (C=O) groups excluding carboxylic acids is 3. The fourth-order valence-electron chi connectivity index (χ4n) is 9.43. The average Bonchev–Trinajstić information content (AvgIpc) is 4.03. The Balaban J connectivity index is 0.000000229. The number of hydrogen-bond acceptors (Lipinski definition) is 8. The van der Waals surface area contributed by atoms with Gasteiger partial charge in [0.05, 0.1) is 48.6 Å². The van der Waals surface area contributed by atoms with Crippen LogP contribution in [0.4, 0.5) is 0 Å². The number of hydrogen-bond donors (Lipinski definition) is 1. The minimum absolute atomic E-state index is 0. The van der Waals surface area contributed by atoms with Crippen molar-refractivity contribution in [2.24, 2.45) is 4.99 Å². The third-order valence-corrected chi connectivity index (χ3v) is 13.5. The Labute approximate surface area is 442 Å². The van der Waals surface area contributed by atoms with Crippen LogP contribution >= 0.6 is 0 Å². The number of benzene rings is 2. The second kappa shape index (κ2) is 20.6. The summed E-state index contributed by atoms with van der Waals surface area (Å²) >= 11 is 0. The summed E-state index contributed by atoms with van der Waals surface area (Å²) in [5.74, 6) is 0.407. The molecule has 9 rings (SSSR count). The van der Waals surface area contributed by atoms with Crippen molar-refractivity contribution in [1.82, 2.24) is 24.7 Å². The van der Waals surface area contributed by atoms with Crippen LogP contribution in [0.2, 0.25) is 0 Å². The van der Waals surface area contributed by atoms with Gasteiger partial charge in [-0.25, -0.2) is 9.97 Å². The number of allylic oxidation sites excluding steroid dienone is 1. The van der Waals surface area contributed by atoms with E-state index in [1.807, 2.05) is 47.6 Å². The van der Waals surface area contributed by atoms with Crippen LogP contribution in [0.25, 0.3) is 44.7 Å². The van der Waals surface area contributed by atoms with Gasteiger partial charge in [0.15, 0.2) is 22.7 Å². The van der Waals surface area contributed by atoms with E-state index >= 15 is 0 Å². The minimum atomic E-state index is -0.563. The van der Waals surface area contributed by atoms with Crippen LogP contribution in [0.5, 0.6) is 0 Å². The van der Waals surface area contributed by atoms with E-state index in [-0.39, 0.29) is 83.4 Å². The van der Waals surface area contributed by atoms with Crippen LogP contribution in [0.1, 0.15) is 120 Å². The first-order valence-corrected chi connectivity index (χ1v) is 23.9. The molecule has 0 aliphatic carbocycles. The monoisotopic (exact) mass is 1190 g/mol. The number of pyridine rings is 2.